The summed E-state index contributed by atoms with van der Waals surface area (Å²) in [4.78, 5) is 0. The van der Waals surface area contributed by atoms with Crippen molar-refractivity contribution >= 4 is 98.1 Å². The average Bonchev–Trinajstić information content (AvgIpc) is 4.13. The van der Waals surface area contributed by atoms with Gasteiger partial charge in [-0.3, -0.25) is 0 Å². The molecule has 0 atom stereocenters. The van der Waals surface area contributed by atoms with Crippen LogP contribution in [0.25, 0.3) is 137 Å². The van der Waals surface area contributed by atoms with Gasteiger partial charge < -0.3 is 18.1 Å². The van der Waals surface area contributed by atoms with E-state index in [-0.39, 0.29) is 0 Å². The van der Waals surface area contributed by atoms with E-state index in [1.165, 1.54) is 87.4 Å². The Balaban J connectivity index is 0.946. The predicted octanol–water partition coefficient (Wildman–Crippen LogP) is 17.4. The smallest absolute Gasteiger partial charge is 0.136 e. The number of benzene rings is 11. The first-order valence-electron chi connectivity index (χ1n) is 23.3. The first-order chi connectivity index (χ1) is 33.7. The molecule has 4 nitrogen and oxygen atoms in total. The maximum atomic E-state index is 6.49. The number of nitrogens with zero attached hydrogens (tertiary/aromatic N) is 3. The van der Waals surface area contributed by atoms with E-state index in [4.69, 9.17) is 4.42 Å². The lowest BCUT2D eigenvalue weighted by Crippen LogP contribution is -1.94. The van der Waals surface area contributed by atoms with Gasteiger partial charge in [-0.15, -0.1) is 0 Å². The molecule has 15 aromatic rings. The summed E-state index contributed by atoms with van der Waals surface area (Å²) >= 11 is 0. The van der Waals surface area contributed by atoms with Crippen LogP contribution in [0.3, 0.4) is 0 Å². The Morgan fingerprint density at radius 3 is 1.10 bits per heavy atom. The third kappa shape index (κ3) is 5.43. The minimum Gasteiger partial charge on any atom is -0.456 e. The number of aromatic nitrogens is 3. The zero-order chi connectivity index (χ0) is 44.5. The van der Waals surface area contributed by atoms with E-state index >= 15 is 0 Å². The van der Waals surface area contributed by atoms with Gasteiger partial charge in [-0.1, -0.05) is 121 Å². The van der Waals surface area contributed by atoms with Crippen molar-refractivity contribution in [2.75, 3.05) is 0 Å². The maximum absolute atomic E-state index is 6.49. The van der Waals surface area contributed by atoms with E-state index in [9.17, 15) is 0 Å². The van der Waals surface area contributed by atoms with Gasteiger partial charge in [0.25, 0.3) is 0 Å². The van der Waals surface area contributed by atoms with Gasteiger partial charge in [0, 0.05) is 60.2 Å². The second kappa shape index (κ2) is 14.2. The second-order valence-electron chi connectivity index (χ2n) is 18.1. The molecule has 0 saturated carbocycles. The van der Waals surface area contributed by atoms with Crippen LogP contribution >= 0.6 is 0 Å². The van der Waals surface area contributed by atoms with Crippen molar-refractivity contribution in [2.24, 2.45) is 0 Å². The van der Waals surface area contributed by atoms with Crippen molar-refractivity contribution in [1.82, 2.24) is 13.7 Å². The zero-order valence-corrected chi connectivity index (χ0v) is 36.8. The number of hydrogen-bond acceptors (Lipinski definition) is 1. The Labute approximate surface area is 390 Å². The quantitative estimate of drug-likeness (QED) is 0.169. The molecule has 0 saturated heterocycles. The zero-order valence-electron chi connectivity index (χ0n) is 36.8. The first kappa shape index (κ1) is 37.1. The van der Waals surface area contributed by atoms with Crippen molar-refractivity contribution in [2.45, 2.75) is 0 Å². The van der Waals surface area contributed by atoms with Crippen LogP contribution < -0.4 is 0 Å². The Morgan fingerprint density at radius 1 is 0.221 bits per heavy atom. The van der Waals surface area contributed by atoms with E-state index in [0.29, 0.717) is 0 Å². The fourth-order valence-electron chi connectivity index (χ4n) is 11.3. The van der Waals surface area contributed by atoms with Gasteiger partial charge >= 0.3 is 0 Å². The van der Waals surface area contributed by atoms with Crippen molar-refractivity contribution in [3.05, 3.63) is 237 Å². The Kier molecular flexibility index (Phi) is 7.75. The van der Waals surface area contributed by atoms with Gasteiger partial charge in [0.2, 0.25) is 0 Å². The van der Waals surface area contributed by atoms with Crippen LogP contribution in [0.2, 0.25) is 0 Å². The summed E-state index contributed by atoms with van der Waals surface area (Å²) in [5, 5.41) is 12.0. The first-order valence-corrected chi connectivity index (χ1v) is 23.3. The summed E-state index contributed by atoms with van der Waals surface area (Å²) < 4.78 is 13.7. The molecule has 0 bridgehead atoms. The van der Waals surface area contributed by atoms with Crippen LogP contribution in [0.4, 0.5) is 0 Å². The number of hydrogen-bond donors (Lipinski definition) is 0. The number of furan rings is 1. The predicted molar refractivity (Wildman–Crippen MR) is 285 cm³/mol. The lowest BCUT2D eigenvalue weighted by Gasteiger charge is -2.10. The van der Waals surface area contributed by atoms with Crippen LogP contribution in [0.5, 0.6) is 0 Å². The van der Waals surface area contributed by atoms with Gasteiger partial charge in [-0.05, 0) is 148 Å². The summed E-state index contributed by atoms with van der Waals surface area (Å²) in [6, 6.07) is 86.4. The topological polar surface area (TPSA) is 27.9 Å². The summed E-state index contributed by atoms with van der Waals surface area (Å²) in [6.07, 6.45) is 0. The molecule has 0 amide bonds. The monoisotopic (exact) mass is 865 g/mol. The van der Waals surface area contributed by atoms with E-state index in [1.54, 1.807) is 0 Å². The van der Waals surface area contributed by atoms with Crippen LogP contribution in [0, 0.1) is 0 Å². The molecular formula is C64H39N3O. The molecular weight excluding hydrogens is 827 g/mol. The highest BCUT2D eigenvalue weighted by Crippen LogP contribution is 2.42. The van der Waals surface area contributed by atoms with Gasteiger partial charge in [0.1, 0.15) is 11.2 Å². The van der Waals surface area contributed by atoms with Gasteiger partial charge in [0.15, 0.2) is 0 Å². The van der Waals surface area contributed by atoms with Crippen molar-refractivity contribution in [3.63, 3.8) is 0 Å². The molecule has 316 valence electrons. The minimum absolute atomic E-state index is 0.887. The van der Waals surface area contributed by atoms with Gasteiger partial charge in [0.05, 0.1) is 33.1 Å². The van der Waals surface area contributed by atoms with E-state index in [1.807, 2.05) is 0 Å². The molecule has 4 heteroatoms. The molecule has 0 radical (unpaired) electrons. The maximum Gasteiger partial charge on any atom is 0.136 e. The lowest BCUT2D eigenvalue weighted by molar-refractivity contribution is 0.669. The molecule has 4 aromatic heterocycles. The Morgan fingerprint density at radius 2 is 0.603 bits per heavy atom. The van der Waals surface area contributed by atoms with E-state index in [0.717, 1.165) is 50.0 Å². The third-order valence-corrected chi connectivity index (χ3v) is 14.4. The molecule has 11 aromatic carbocycles. The average molecular weight is 866 g/mol. The van der Waals surface area contributed by atoms with Crippen molar-refractivity contribution in [1.29, 1.82) is 0 Å². The summed E-state index contributed by atoms with van der Waals surface area (Å²) in [5.74, 6) is 0. The molecule has 0 aliphatic carbocycles. The van der Waals surface area contributed by atoms with Crippen LogP contribution in [0.1, 0.15) is 0 Å². The van der Waals surface area contributed by atoms with Crippen LogP contribution in [-0.4, -0.2) is 13.7 Å². The second-order valence-corrected chi connectivity index (χ2v) is 18.1. The van der Waals surface area contributed by atoms with Crippen LogP contribution in [0.15, 0.2) is 241 Å². The standard InChI is InChI=1S/C64H39N3O/c1-3-15-46(16-4-1)65-57-21-11-9-19-49(57)51-33-42(23-28-59(51)65)44-25-30-61-53(35-44)54-36-45(43-24-29-60-52(34-43)50-20-10-12-22-58(50)66(60)47-17-5-2-6-18-47)26-31-62(54)67(61)48-27-32-63-56(39-48)55-37-40-13-7-8-14-41(40)38-64(55)68-63/h1-39H. The normalized spacial score (nSPS) is 12.1. The van der Waals surface area contributed by atoms with Gasteiger partial charge in [-0.25, -0.2) is 0 Å². The molecule has 0 unspecified atom stereocenters. The molecule has 0 fully saturated rings. The summed E-state index contributed by atoms with van der Waals surface area (Å²) in [5.41, 5.74) is 17.0. The molecule has 0 N–H and O–H groups in total. The van der Waals surface area contributed by atoms with Crippen LogP contribution in [-0.2, 0) is 0 Å². The molecule has 15 rings (SSSR count). The van der Waals surface area contributed by atoms with Gasteiger partial charge in [-0.2, -0.15) is 0 Å². The molecule has 4 heterocycles. The SMILES string of the molecule is c1ccc(-n2c3ccccc3c3cc(-c4ccc5c(c4)c4cc(-c6ccc7c(c6)c6ccccc6n7-c6ccccc6)ccc4n5-c4ccc5oc6cc7ccccc7cc6c5c4)ccc32)cc1. The molecule has 68 heavy (non-hydrogen) atoms. The third-order valence-electron chi connectivity index (χ3n) is 14.4. The molecule has 0 spiro atoms. The highest BCUT2D eigenvalue weighted by Gasteiger charge is 2.20. The van der Waals surface area contributed by atoms with E-state index < -0.39 is 0 Å². The van der Waals surface area contributed by atoms with Crippen molar-refractivity contribution < 1.29 is 4.42 Å². The summed E-state index contributed by atoms with van der Waals surface area (Å²) in [7, 11) is 0. The molecule has 0 aliphatic heterocycles. The molecule has 0 aliphatic rings. The largest absolute Gasteiger partial charge is 0.456 e. The highest BCUT2D eigenvalue weighted by atomic mass is 16.3. The number of fused-ring (bicyclic) bond motifs is 13. The number of para-hydroxylation sites is 4. The van der Waals surface area contributed by atoms with E-state index in [2.05, 4.69) is 250 Å². The lowest BCUT2D eigenvalue weighted by atomic mass is 9.98. The minimum atomic E-state index is 0.887. The summed E-state index contributed by atoms with van der Waals surface area (Å²) in [6.45, 7) is 0. The van der Waals surface area contributed by atoms with Crippen molar-refractivity contribution in [3.8, 4) is 39.3 Å². The fourth-order valence-corrected chi connectivity index (χ4v) is 11.3. The Hall–Kier alpha value is -9.12. The highest BCUT2D eigenvalue weighted by molar-refractivity contribution is 6.16. The number of rotatable bonds is 5. The Bertz CT molecular complexity index is 4330. The fraction of sp³-hybridized carbons (Fsp3) is 0.